The third-order valence-corrected chi connectivity index (χ3v) is 2.77. The maximum Gasteiger partial charge on any atom is 0.228 e. The van der Waals surface area contributed by atoms with Gasteiger partial charge in [0.15, 0.2) is 0 Å². The van der Waals surface area contributed by atoms with E-state index in [1.54, 1.807) is 19.4 Å². The smallest absolute Gasteiger partial charge is 0.228 e. The van der Waals surface area contributed by atoms with Gasteiger partial charge in [0, 0.05) is 25.4 Å². The lowest BCUT2D eigenvalue weighted by atomic mass is 9.93. The molecule has 2 N–H and O–H groups in total. The molecule has 0 atom stereocenters. The first-order chi connectivity index (χ1) is 8.52. The first-order valence-corrected chi connectivity index (χ1v) is 6.34. The monoisotopic (exact) mass is 252 g/mol. The Morgan fingerprint density at radius 3 is 2.72 bits per heavy atom. The van der Waals surface area contributed by atoms with Gasteiger partial charge in [-0.25, -0.2) is 4.98 Å². The van der Waals surface area contributed by atoms with Gasteiger partial charge in [0.2, 0.25) is 11.8 Å². The van der Waals surface area contributed by atoms with Crippen molar-refractivity contribution < 1.29 is 4.74 Å². The summed E-state index contributed by atoms with van der Waals surface area (Å²) in [5.74, 6) is 1.30. The highest BCUT2D eigenvalue weighted by molar-refractivity contribution is 5.32. The van der Waals surface area contributed by atoms with Crippen LogP contribution < -0.4 is 15.4 Å². The van der Waals surface area contributed by atoms with Crippen molar-refractivity contribution in [3.8, 4) is 5.88 Å². The van der Waals surface area contributed by atoms with Gasteiger partial charge >= 0.3 is 0 Å². The lowest BCUT2D eigenvalue weighted by Gasteiger charge is -2.31. The van der Waals surface area contributed by atoms with Crippen molar-refractivity contribution >= 4 is 5.95 Å². The summed E-state index contributed by atoms with van der Waals surface area (Å²) < 4.78 is 5.14. The molecule has 0 saturated heterocycles. The molecule has 5 nitrogen and oxygen atoms in total. The van der Waals surface area contributed by atoms with E-state index in [1.165, 1.54) is 0 Å². The van der Waals surface area contributed by atoms with E-state index in [0.29, 0.717) is 18.4 Å². The minimum atomic E-state index is 0.0433. The average Bonchev–Trinajstić information content (AvgIpc) is 2.38. The molecule has 1 aromatic rings. The molecule has 18 heavy (non-hydrogen) atoms. The molecule has 0 bridgehead atoms. The lowest BCUT2D eigenvalue weighted by molar-refractivity contribution is 0.371. The summed E-state index contributed by atoms with van der Waals surface area (Å²) in [5, 5.41) is 0. The summed E-state index contributed by atoms with van der Waals surface area (Å²) in [6, 6.07) is 1.75. The fourth-order valence-electron chi connectivity index (χ4n) is 1.70. The highest BCUT2D eigenvalue weighted by Crippen LogP contribution is 2.20. The zero-order valence-electron chi connectivity index (χ0n) is 11.8. The number of rotatable bonds is 7. The quantitative estimate of drug-likeness (QED) is 0.800. The highest BCUT2D eigenvalue weighted by atomic mass is 16.5. The van der Waals surface area contributed by atoms with Gasteiger partial charge in [0.05, 0.1) is 7.11 Å². The van der Waals surface area contributed by atoms with Crippen molar-refractivity contribution in [1.82, 2.24) is 9.97 Å². The number of ether oxygens (including phenoxy) is 1. The van der Waals surface area contributed by atoms with Crippen LogP contribution in [-0.4, -0.2) is 36.7 Å². The molecule has 1 aromatic heterocycles. The third kappa shape index (κ3) is 4.14. The maximum absolute atomic E-state index is 5.79. The Bertz CT molecular complexity index is 368. The van der Waals surface area contributed by atoms with Crippen LogP contribution in [0.3, 0.4) is 0 Å². The minimum absolute atomic E-state index is 0.0433. The van der Waals surface area contributed by atoms with Gasteiger partial charge in [-0.3, -0.25) is 0 Å². The van der Waals surface area contributed by atoms with Crippen molar-refractivity contribution in [3.05, 3.63) is 12.3 Å². The van der Waals surface area contributed by atoms with Gasteiger partial charge in [-0.15, -0.1) is 0 Å². The fourth-order valence-corrected chi connectivity index (χ4v) is 1.70. The summed E-state index contributed by atoms with van der Waals surface area (Å²) in [4.78, 5) is 10.9. The van der Waals surface area contributed by atoms with Gasteiger partial charge < -0.3 is 15.4 Å². The normalized spacial score (nSPS) is 11.4. The number of anilines is 1. The molecule has 0 aliphatic heterocycles. The number of hydrogen-bond donors (Lipinski definition) is 1. The average molecular weight is 252 g/mol. The van der Waals surface area contributed by atoms with Crippen LogP contribution in [0.25, 0.3) is 0 Å². The number of hydrogen-bond acceptors (Lipinski definition) is 5. The van der Waals surface area contributed by atoms with Gasteiger partial charge in [-0.1, -0.05) is 20.8 Å². The van der Waals surface area contributed by atoms with Crippen molar-refractivity contribution in [2.75, 3.05) is 31.6 Å². The van der Waals surface area contributed by atoms with Gasteiger partial charge in [-0.05, 0) is 18.4 Å². The Kier molecular flexibility index (Phi) is 5.34. The minimum Gasteiger partial charge on any atom is -0.481 e. The SMILES string of the molecule is CCCN(CC(C)(C)CN)c1nccc(OC)n1. The first kappa shape index (κ1) is 14.7. The van der Waals surface area contributed by atoms with Gasteiger partial charge in [0.1, 0.15) is 0 Å². The molecule has 0 spiro atoms. The van der Waals surface area contributed by atoms with E-state index in [1.807, 2.05) is 0 Å². The van der Waals surface area contributed by atoms with E-state index in [-0.39, 0.29) is 5.41 Å². The molecule has 0 amide bonds. The Morgan fingerprint density at radius 2 is 2.17 bits per heavy atom. The second-order valence-electron chi connectivity index (χ2n) is 5.19. The first-order valence-electron chi connectivity index (χ1n) is 6.34. The van der Waals surface area contributed by atoms with E-state index in [0.717, 1.165) is 19.5 Å². The van der Waals surface area contributed by atoms with Crippen molar-refractivity contribution in [2.45, 2.75) is 27.2 Å². The summed E-state index contributed by atoms with van der Waals surface area (Å²) in [6.45, 7) is 8.83. The highest BCUT2D eigenvalue weighted by Gasteiger charge is 2.21. The van der Waals surface area contributed by atoms with Crippen LogP contribution in [0.4, 0.5) is 5.95 Å². The molecule has 0 saturated carbocycles. The summed E-state index contributed by atoms with van der Waals surface area (Å²) >= 11 is 0. The van der Waals surface area contributed by atoms with Crippen molar-refractivity contribution in [1.29, 1.82) is 0 Å². The molecule has 1 rings (SSSR count). The molecule has 0 aliphatic carbocycles. The fraction of sp³-hybridized carbons (Fsp3) is 0.692. The molecule has 0 radical (unpaired) electrons. The van der Waals surface area contributed by atoms with Crippen LogP contribution in [0.2, 0.25) is 0 Å². The molecule has 5 heteroatoms. The Balaban J connectivity index is 2.89. The predicted octanol–water partition coefficient (Wildman–Crippen LogP) is 1.69. The van der Waals surface area contributed by atoms with E-state index >= 15 is 0 Å². The molecule has 0 unspecified atom stereocenters. The van der Waals surface area contributed by atoms with Crippen molar-refractivity contribution in [3.63, 3.8) is 0 Å². The Morgan fingerprint density at radius 1 is 1.44 bits per heavy atom. The molecular weight excluding hydrogens is 228 g/mol. The van der Waals surface area contributed by atoms with Gasteiger partial charge in [0.25, 0.3) is 0 Å². The second kappa shape index (κ2) is 6.54. The molecule has 0 aromatic carbocycles. The molecular formula is C13H24N4O. The zero-order valence-corrected chi connectivity index (χ0v) is 11.8. The van der Waals surface area contributed by atoms with E-state index in [4.69, 9.17) is 10.5 Å². The largest absolute Gasteiger partial charge is 0.481 e. The Hall–Kier alpha value is -1.36. The van der Waals surface area contributed by atoms with Crippen LogP contribution in [0.5, 0.6) is 5.88 Å². The third-order valence-electron chi connectivity index (χ3n) is 2.77. The summed E-state index contributed by atoms with van der Waals surface area (Å²) in [5.41, 5.74) is 5.84. The molecule has 0 aliphatic rings. The van der Waals surface area contributed by atoms with E-state index < -0.39 is 0 Å². The van der Waals surface area contributed by atoms with Crippen LogP contribution >= 0.6 is 0 Å². The number of nitrogens with two attached hydrogens (primary N) is 1. The van der Waals surface area contributed by atoms with Crippen LogP contribution in [0.15, 0.2) is 12.3 Å². The van der Waals surface area contributed by atoms with Crippen LogP contribution in [0, 0.1) is 5.41 Å². The topological polar surface area (TPSA) is 64.3 Å². The molecule has 1 heterocycles. The standard InChI is InChI=1S/C13H24N4O/c1-5-8-17(10-13(2,3)9-14)12-15-7-6-11(16-12)18-4/h6-7H,5,8-10,14H2,1-4H3. The molecule has 102 valence electrons. The zero-order chi connectivity index (χ0) is 13.6. The summed E-state index contributed by atoms with van der Waals surface area (Å²) in [7, 11) is 1.61. The van der Waals surface area contributed by atoms with Gasteiger partial charge in [-0.2, -0.15) is 4.98 Å². The Labute approximate surface area is 109 Å². The van der Waals surface area contributed by atoms with Crippen LogP contribution in [0.1, 0.15) is 27.2 Å². The number of methoxy groups -OCH3 is 1. The van der Waals surface area contributed by atoms with Crippen LogP contribution in [-0.2, 0) is 0 Å². The lowest BCUT2D eigenvalue weighted by Crippen LogP contribution is -2.40. The van der Waals surface area contributed by atoms with E-state index in [2.05, 4.69) is 35.6 Å². The number of nitrogens with zero attached hydrogens (tertiary/aromatic N) is 3. The number of aromatic nitrogens is 2. The van der Waals surface area contributed by atoms with E-state index in [9.17, 15) is 0 Å². The summed E-state index contributed by atoms with van der Waals surface area (Å²) in [6.07, 6.45) is 2.76. The predicted molar refractivity (Wildman–Crippen MR) is 73.9 cm³/mol. The molecule has 0 fully saturated rings. The maximum atomic E-state index is 5.79. The van der Waals surface area contributed by atoms with Crippen molar-refractivity contribution in [2.24, 2.45) is 11.1 Å². The second-order valence-corrected chi connectivity index (χ2v) is 5.19.